The topological polar surface area (TPSA) is 104 Å². The Morgan fingerprint density at radius 1 is 0.811 bits per heavy atom. The number of hydrogen-bond acceptors (Lipinski definition) is 6. The molecule has 0 aliphatic carbocycles. The molecule has 0 bridgehead atoms. The van der Waals surface area contributed by atoms with E-state index in [1.807, 2.05) is 0 Å². The van der Waals surface area contributed by atoms with Crippen molar-refractivity contribution >= 4 is 39.1 Å². The Kier molecular flexibility index (Phi) is 5.67. The highest BCUT2D eigenvalue weighted by Gasteiger charge is 2.36. The van der Waals surface area contributed by atoms with Crippen LogP contribution in [0.1, 0.15) is 36.6 Å². The summed E-state index contributed by atoms with van der Waals surface area (Å²) in [7, 11) is -3.63. The van der Waals surface area contributed by atoms with Crippen LogP contribution in [0.4, 0.5) is 11.4 Å². The van der Waals surface area contributed by atoms with Gasteiger partial charge in [0, 0.05) is 30.9 Å². The fraction of sp³-hybridized carbons (Fsp3) is 0.222. The minimum atomic E-state index is -3.63. The lowest BCUT2D eigenvalue weighted by Gasteiger charge is -2.26. The molecule has 3 aromatic rings. The molecule has 0 N–H and O–H groups in total. The van der Waals surface area contributed by atoms with E-state index in [1.165, 1.54) is 4.31 Å². The van der Waals surface area contributed by atoms with Crippen LogP contribution in [0.2, 0.25) is 0 Å². The molecule has 188 valence electrons. The summed E-state index contributed by atoms with van der Waals surface area (Å²) in [5, 5.41) is 0. The van der Waals surface area contributed by atoms with Crippen LogP contribution in [0.3, 0.4) is 0 Å². The van der Waals surface area contributed by atoms with Crippen molar-refractivity contribution in [1.29, 1.82) is 0 Å². The SMILES string of the molecule is O=C(c1ccc(N2C(=O)c3ccccc3C2=O)cc1)N1CCc2cc(S(=O)(=O)N3CCOCC3)ccc21. The lowest BCUT2D eigenvalue weighted by molar-refractivity contribution is 0.0730. The molecule has 0 spiro atoms. The van der Waals surface area contributed by atoms with Crippen molar-refractivity contribution in [3.8, 4) is 0 Å². The van der Waals surface area contributed by atoms with Gasteiger partial charge in [-0.25, -0.2) is 13.3 Å². The molecule has 0 aromatic heterocycles. The predicted molar refractivity (Wildman–Crippen MR) is 135 cm³/mol. The molecule has 3 heterocycles. The standard InChI is InChI=1S/C27H23N3O6S/c31-25(18-5-7-20(8-6-18)30-26(32)22-3-1-2-4-23(22)27(30)33)29-12-11-19-17-21(9-10-24(19)29)37(34,35)28-13-15-36-16-14-28/h1-10,17H,11-16H2. The van der Waals surface area contributed by atoms with Crippen molar-refractivity contribution in [2.24, 2.45) is 0 Å². The van der Waals surface area contributed by atoms with Gasteiger partial charge in [0.25, 0.3) is 17.7 Å². The number of anilines is 2. The minimum Gasteiger partial charge on any atom is -0.379 e. The zero-order valence-corrected chi connectivity index (χ0v) is 20.6. The number of benzene rings is 3. The van der Waals surface area contributed by atoms with Crippen molar-refractivity contribution in [1.82, 2.24) is 4.31 Å². The fourth-order valence-electron chi connectivity index (χ4n) is 5.02. The van der Waals surface area contributed by atoms with Gasteiger partial charge < -0.3 is 9.64 Å². The van der Waals surface area contributed by atoms with E-state index in [1.54, 1.807) is 71.6 Å². The quantitative estimate of drug-likeness (QED) is 0.493. The number of carbonyl (C=O) groups is 3. The summed E-state index contributed by atoms with van der Waals surface area (Å²) in [5.41, 5.74) is 2.98. The molecule has 1 fully saturated rings. The molecule has 9 nitrogen and oxygen atoms in total. The van der Waals surface area contributed by atoms with Crippen molar-refractivity contribution in [3.05, 3.63) is 89.0 Å². The van der Waals surface area contributed by atoms with Gasteiger partial charge in [0.15, 0.2) is 0 Å². The molecule has 3 aromatic carbocycles. The lowest BCUT2D eigenvalue weighted by Crippen LogP contribution is -2.40. The van der Waals surface area contributed by atoms with Gasteiger partial charge >= 0.3 is 0 Å². The first-order valence-corrected chi connectivity index (χ1v) is 13.4. The first kappa shape index (κ1) is 23.5. The van der Waals surface area contributed by atoms with Gasteiger partial charge in [-0.15, -0.1) is 0 Å². The first-order chi connectivity index (χ1) is 17.9. The number of fused-ring (bicyclic) bond motifs is 2. The summed E-state index contributed by atoms with van der Waals surface area (Å²) < 4.78 is 32.7. The molecule has 37 heavy (non-hydrogen) atoms. The van der Waals surface area contributed by atoms with E-state index in [2.05, 4.69) is 0 Å². The van der Waals surface area contributed by atoms with Gasteiger partial charge in [-0.1, -0.05) is 12.1 Å². The molecule has 6 rings (SSSR count). The fourth-order valence-corrected chi connectivity index (χ4v) is 6.48. The molecule has 1 saturated heterocycles. The molecular weight excluding hydrogens is 494 g/mol. The number of sulfonamides is 1. The van der Waals surface area contributed by atoms with E-state index in [0.717, 1.165) is 10.5 Å². The highest BCUT2D eigenvalue weighted by atomic mass is 32.2. The largest absolute Gasteiger partial charge is 0.379 e. The van der Waals surface area contributed by atoms with Gasteiger partial charge in [-0.3, -0.25) is 14.4 Å². The number of ether oxygens (including phenoxy) is 1. The maximum Gasteiger partial charge on any atom is 0.266 e. The van der Waals surface area contributed by atoms with Gasteiger partial charge in [0.05, 0.1) is 34.9 Å². The van der Waals surface area contributed by atoms with Crippen molar-refractivity contribution in [2.75, 3.05) is 42.6 Å². The molecule has 0 saturated carbocycles. The number of carbonyl (C=O) groups excluding carboxylic acids is 3. The number of amides is 3. The van der Waals surface area contributed by atoms with E-state index in [0.29, 0.717) is 67.3 Å². The Hall–Kier alpha value is -3.86. The Morgan fingerprint density at radius 3 is 2.11 bits per heavy atom. The van der Waals surface area contributed by atoms with Gasteiger partial charge in [-0.2, -0.15) is 4.31 Å². The highest BCUT2D eigenvalue weighted by Crippen LogP contribution is 2.33. The third-order valence-electron chi connectivity index (χ3n) is 6.97. The van der Waals surface area contributed by atoms with Crippen molar-refractivity contribution in [3.63, 3.8) is 0 Å². The maximum atomic E-state index is 13.3. The molecule has 3 aliphatic rings. The average molecular weight is 518 g/mol. The Balaban J connectivity index is 1.22. The molecule has 10 heteroatoms. The van der Waals surface area contributed by atoms with Crippen LogP contribution in [0, 0.1) is 0 Å². The highest BCUT2D eigenvalue weighted by molar-refractivity contribution is 7.89. The van der Waals surface area contributed by atoms with Crippen LogP contribution in [0.15, 0.2) is 71.6 Å². The number of imide groups is 1. The summed E-state index contributed by atoms with van der Waals surface area (Å²) in [6.45, 7) is 1.81. The smallest absolute Gasteiger partial charge is 0.266 e. The van der Waals surface area contributed by atoms with Gasteiger partial charge in [0.1, 0.15) is 0 Å². The van der Waals surface area contributed by atoms with Gasteiger partial charge in [0.2, 0.25) is 10.0 Å². The Morgan fingerprint density at radius 2 is 1.46 bits per heavy atom. The predicted octanol–water partition coefficient (Wildman–Crippen LogP) is 2.71. The normalized spacial score (nSPS) is 17.7. The van der Waals surface area contributed by atoms with Crippen molar-refractivity contribution < 1.29 is 27.5 Å². The molecule has 0 radical (unpaired) electrons. The van der Waals surface area contributed by atoms with E-state index in [-0.39, 0.29) is 10.8 Å². The number of morpholine rings is 1. The second-order valence-corrected chi connectivity index (χ2v) is 11.0. The average Bonchev–Trinajstić information content (AvgIpc) is 3.47. The third-order valence-corrected chi connectivity index (χ3v) is 8.86. The zero-order chi connectivity index (χ0) is 25.7. The molecule has 0 unspecified atom stereocenters. The van der Waals surface area contributed by atoms with Crippen LogP contribution in [0.5, 0.6) is 0 Å². The van der Waals surface area contributed by atoms with Crippen LogP contribution < -0.4 is 9.80 Å². The van der Waals surface area contributed by atoms with Crippen LogP contribution in [-0.4, -0.2) is 63.3 Å². The minimum absolute atomic E-state index is 0.216. The summed E-state index contributed by atoms with van der Waals surface area (Å²) in [4.78, 5) is 41.8. The summed E-state index contributed by atoms with van der Waals surface area (Å²) in [6, 6.07) is 17.9. The zero-order valence-electron chi connectivity index (χ0n) is 19.8. The van der Waals surface area contributed by atoms with Gasteiger partial charge in [-0.05, 0) is 66.6 Å². The molecule has 3 aliphatic heterocycles. The number of rotatable bonds is 4. The van der Waals surface area contributed by atoms with E-state index < -0.39 is 21.8 Å². The molecule has 0 atom stereocenters. The first-order valence-electron chi connectivity index (χ1n) is 12.0. The maximum absolute atomic E-state index is 13.3. The summed E-state index contributed by atoms with van der Waals surface area (Å²) >= 11 is 0. The second kappa shape index (κ2) is 8.91. The summed E-state index contributed by atoms with van der Waals surface area (Å²) in [5.74, 6) is -1.02. The number of nitrogens with zero attached hydrogens (tertiary/aromatic N) is 3. The Labute approximate surface area is 213 Å². The molecule has 3 amide bonds. The van der Waals surface area contributed by atoms with Crippen molar-refractivity contribution in [2.45, 2.75) is 11.3 Å². The Bertz CT molecular complexity index is 1510. The lowest BCUT2D eigenvalue weighted by atomic mass is 10.1. The third kappa shape index (κ3) is 3.85. The van der Waals surface area contributed by atoms with Crippen LogP contribution >= 0.6 is 0 Å². The summed E-state index contributed by atoms with van der Waals surface area (Å²) in [6.07, 6.45) is 0.542. The molecular formula is C27H23N3O6S. The van der Waals surface area contributed by atoms with E-state index in [9.17, 15) is 22.8 Å². The van der Waals surface area contributed by atoms with Crippen LogP contribution in [0.25, 0.3) is 0 Å². The second-order valence-electron chi connectivity index (χ2n) is 9.05. The van der Waals surface area contributed by atoms with Crippen LogP contribution in [-0.2, 0) is 21.2 Å². The van der Waals surface area contributed by atoms with E-state index in [4.69, 9.17) is 4.74 Å². The van der Waals surface area contributed by atoms with E-state index >= 15 is 0 Å². The monoisotopic (exact) mass is 517 g/mol. The number of hydrogen-bond donors (Lipinski definition) is 0.